The summed E-state index contributed by atoms with van der Waals surface area (Å²) in [5.41, 5.74) is 11.5. The van der Waals surface area contributed by atoms with Crippen LogP contribution in [0.4, 0.5) is 10.1 Å². The molecule has 0 saturated carbocycles. The number of rotatable bonds is 8. The van der Waals surface area contributed by atoms with Gasteiger partial charge in [0.1, 0.15) is 5.82 Å². The minimum absolute atomic E-state index is 0.279. The Kier molecular flexibility index (Phi) is 7.16. The lowest BCUT2D eigenvalue weighted by molar-refractivity contribution is 0.480. The van der Waals surface area contributed by atoms with Gasteiger partial charge in [0.15, 0.2) is 0 Å². The summed E-state index contributed by atoms with van der Waals surface area (Å²) in [6.45, 7) is 12.7. The standard InChI is InChI=1S/C24H30FN3/c1-6-20-21(17(5)28-16(4)15(2)3)12-14-23(27)24(20)22(26)13-9-18-7-10-19(25)11-8-18/h7-16,26,28H,5-6,27H2,1-4H3/b13-9+,26-22?. The van der Waals surface area contributed by atoms with Crippen LogP contribution in [0.15, 0.2) is 49.1 Å². The van der Waals surface area contributed by atoms with E-state index in [1.165, 1.54) is 12.1 Å². The highest BCUT2D eigenvalue weighted by molar-refractivity contribution is 6.13. The Labute approximate surface area is 167 Å². The van der Waals surface area contributed by atoms with Crippen molar-refractivity contribution < 1.29 is 4.39 Å². The SMILES string of the molecule is C=C(NC(C)C(C)C)c1ccc(N)c(C(=N)/C=C/c2ccc(F)cc2)c1CC. The molecule has 1 atom stereocenters. The van der Waals surface area contributed by atoms with Crippen LogP contribution in [0, 0.1) is 17.1 Å². The molecule has 148 valence electrons. The summed E-state index contributed by atoms with van der Waals surface area (Å²) < 4.78 is 13.1. The van der Waals surface area contributed by atoms with Gasteiger partial charge in [0.25, 0.3) is 0 Å². The average Bonchev–Trinajstić information content (AvgIpc) is 2.66. The van der Waals surface area contributed by atoms with E-state index in [1.807, 2.05) is 12.1 Å². The molecule has 0 aliphatic carbocycles. The highest BCUT2D eigenvalue weighted by atomic mass is 19.1. The van der Waals surface area contributed by atoms with Crippen molar-refractivity contribution in [3.8, 4) is 0 Å². The zero-order valence-electron chi connectivity index (χ0n) is 17.1. The third kappa shape index (κ3) is 5.10. The molecule has 4 N–H and O–H groups in total. The second kappa shape index (κ2) is 9.36. The van der Waals surface area contributed by atoms with E-state index in [-0.39, 0.29) is 11.9 Å². The zero-order valence-corrected chi connectivity index (χ0v) is 17.1. The number of nitrogen functional groups attached to an aromatic ring is 1. The molecule has 0 amide bonds. The van der Waals surface area contributed by atoms with Gasteiger partial charge >= 0.3 is 0 Å². The van der Waals surface area contributed by atoms with Crippen LogP contribution < -0.4 is 11.1 Å². The second-order valence-electron chi connectivity index (χ2n) is 7.36. The quantitative estimate of drug-likeness (QED) is 0.409. The van der Waals surface area contributed by atoms with Gasteiger partial charge in [-0.05, 0) is 54.7 Å². The van der Waals surface area contributed by atoms with Crippen LogP contribution in [-0.4, -0.2) is 11.8 Å². The first-order chi connectivity index (χ1) is 13.2. The lowest BCUT2D eigenvalue weighted by Crippen LogP contribution is -2.29. The van der Waals surface area contributed by atoms with Crippen molar-refractivity contribution in [1.82, 2.24) is 5.32 Å². The fourth-order valence-electron chi connectivity index (χ4n) is 2.99. The summed E-state index contributed by atoms with van der Waals surface area (Å²) in [5.74, 6) is 0.200. The molecular weight excluding hydrogens is 349 g/mol. The van der Waals surface area contributed by atoms with Crippen molar-refractivity contribution in [3.63, 3.8) is 0 Å². The maximum Gasteiger partial charge on any atom is 0.123 e. The normalized spacial score (nSPS) is 12.4. The van der Waals surface area contributed by atoms with Crippen molar-refractivity contribution >= 4 is 23.2 Å². The van der Waals surface area contributed by atoms with Gasteiger partial charge in [-0.25, -0.2) is 4.39 Å². The number of allylic oxidation sites excluding steroid dienone is 1. The summed E-state index contributed by atoms with van der Waals surface area (Å²) in [7, 11) is 0. The molecule has 0 bridgehead atoms. The van der Waals surface area contributed by atoms with E-state index in [0.29, 0.717) is 17.3 Å². The van der Waals surface area contributed by atoms with Crippen LogP contribution in [0.1, 0.15) is 49.9 Å². The molecule has 2 rings (SSSR count). The lowest BCUT2D eigenvalue weighted by atomic mass is 9.92. The number of benzene rings is 2. The Morgan fingerprint density at radius 2 is 1.82 bits per heavy atom. The first-order valence-corrected chi connectivity index (χ1v) is 9.64. The highest BCUT2D eigenvalue weighted by Crippen LogP contribution is 2.27. The maximum absolute atomic E-state index is 13.1. The number of nitrogens with one attached hydrogen (secondary N) is 2. The molecule has 2 aromatic rings. The Hall–Kier alpha value is -2.88. The molecule has 0 aromatic heterocycles. The van der Waals surface area contributed by atoms with Crippen LogP contribution >= 0.6 is 0 Å². The maximum atomic E-state index is 13.1. The van der Waals surface area contributed by atoms with E-state index in [1.54, 1.807) is 24.3 Å². The smallest absolute Gasteiger partial charge is 0.123 e. The second-order valence-corrected chi connectivity index (χ2v) is 7.36. The fourth-order valence-corrected chi connectivity index (χ4v) is 2.99. The zero-order chi connectivity index (χ0) is 20.8. The van der Waals surface area contributed by atoms with Crippen LogP contribution in [0.5, 0.6) is 0 Å². The topological polar surface area (TPSA) is 61.9 Å². The van der Waals surface area contributed by atoms with Gasteiger partial charge in [0.2, 0.25) is 0 Å². The Morgan fingerprint density at radius 1 is 1.18 bits per heavy atom. The van der Waals surface area contributed by atoms with E-state index in [4.69, 9.17) is 11.1 Å². The molecule has 2 aromatic carbocycles. The third-order valence-electron chi connectivity index (χ3n) is 5.01. The Morgan fingerprint density at radius 3 is 2.39 bits per heavy atom. The van der Waals surface area contributed by atoms with Crippen molar-refractivity contribution in [2.24, 2.45) is 5.92 Å². The largest absolute Gasteiger partial charge is 0.398 e. The first-order valence-electron chi connectivity index (χ1n) is 9.64. The van der Waals surface area contributed by atoms with Gasteiger partial charge < -0.3 is 16.5 Å². The molecule has 3 nitrogen and oxygen atoms in total. The average molecular weight is 380 g/mol. The molecule has 28 heavy (non-hydrogen) atoms. The summed E-state index contributed by atoms with van der Waals surface area (Å²) in [5, 5.41) is 12.0. The molecule has 1 unspecified atom stereocenters. The first kappa shape index (κ1) is 21.4. The summed E-state index contributed by atoms with van der Waals surface area (Å²) in [6.07, 6.45) is 4.23. The minimum atomic E-state index is -0.279. The molecule has 0 spiro atoms. The minimum Gasteiger partial charge on any atom is -0.398 e. The summed E-state index contributed by atoms with van der Waals surface area (Å²) in [4.78, 5) is 0. The highest BCUT2D eigenvalue weighted by Gasteiger charge is 2.17. The van der Waals surface area contributed by atoms with Gasteiger partial charge in [-0.15, -0.1) is 0 Å². The van der Waals surface area contributed by atoms with Crippen LogP contribution in [0.3, 0.4) is 0 Å². The molecule has 0 fully saturated rings. The van der Waals surface area contributed by atoms with Crippen molar-refractivity contribution in [1.29, 1.82) is 5.41 Å². The monoisotopic (exact) mass is 379 g/mol. The molecule has 0 heterocycles. The number of hydrogen-bond donors (Lipinski definition) is 3. The van der Waals surface area contributed by atoms with Gasteiger partial charge in [-0.3, -0.25) is 0 Å². The molecule has 0 radical (unpaired) electrons. The summed E-state index contributed by atoms with van der Waals surface area (Å²) >= 11 is 0. The number of halogens is 1. The molecule has 0 aliphatic rings. The van der Waals surface area contributed by atoms with Crippen LogP contribution in [0.2, 0.25) is 0 Å². The van der Waals surface area contributed by atoms with Gasteiger partial charge in [-0.1, -0.05) is 51.6 Å². The summed E-state index contributed by atoms with van der Waals surface area (Å²) in [6, 6.07) is 10.3. The molecular formula is C24H30FN3. The number of nitrogens with two attached hydrogens (primary N) is 1. The molecule has 0 saturated heterocycles. The fraction of sp³-hybridized carbons (Fsp3) is 0.292. The van der Waals surface area contributed by atoms with Crippen LogP contribution in [-0.2, 0) is 6.42 Å². The number of anilines is 1. The third-order valence-corrected chi connectivity index (χ3v) is 5.01. The van der Waals surface area contributed by atoms with E-state index < -0.39 is 0 Å². The molecule has 0 aliphatic heterocycles. The van der Waals surface area contributed by atoms with Gasteiger partial charge in [0, 0.05) is 28.6 Å². The predicted molar refractivity (Wildman–Crippen MR) is 119 cm³/mol. The van der Waals surface area contributed by atoms with E-state index in [9.17, 15) is 4.39 Å². The van der Waals surface area contributed by atoms with E-state index in [0.717, 1.165) is 34.4 Å². The van der Waals surface area contributed by atoms with Crippen molar-refractivity contribution in [2.75, 3.05) is 5.73 Å². The van der Waals surface area contributed by atoms with Gasteiger partial charge in [-0.2, -0.15) is 0 Å². The van der Waals surface area contributed by atoms with Crippen LogP contribution in [0.25, 0.3) is 11.8 Å². The van der Waals surface area contributed by atoms with E-state index >= 15 is 0 Å². The lowest BCUT2D eigenvalue weighted by Gasteiger charge is -2.23. The predicted octanol–water partition coefficient (Wildman–Crippen LogP) is 5.66. The van der Waals surface area contributed by atoms with Crippen molar-refractivity contribution in [2.45, 2.75) is 40.2 Å². The Balaban J connectivity index is 2.36. The number of hydrogen-bond acceptors (Lipinski definition) is 3. The molecule has 4 heteroatoms. The van der Waals surface area contributed by atoms with Gasteiger partial charge in [0.05, 0.1) is 5.71 Å². The van der Waals surface area contributed by atoms with Crippen molar-refractivity contribution in [3.05, 3.63) is 77.1 Å². The Bertz CT molecular complexity index is 879. The van der Waals surface area contributed by atoms with E-state index in [2.05, 4.69) is 39.6 Å².